The quantitative estimate of drug-likeness (QED) is 0.323. The van der Waals surface area contributed by atoms with E-state index >= 15 is 0 Å². The molecule has 0 aliphatic rings. The molecule has 0 saturated heterocycles. The molecule has 0 aliphatic carbocycles. The Kier molecular flexibility index (Phi) is 5.91. The maximum Gasteiger partial charge on any atom is 0.247 e. The van der Waals surface area contributed by atoms with Crippen molar-refractivity contribution in [2.24, 2.45) is 14.1 Å². The number of carbonyl (C=O) groups is 1. The molecular formula is C28H23N7O2. The molecule has 5 aromatic rings. The molecule has 3 N–H and O–H groups in total. The molecule has 0 atom stereocenters. The molecule has 3 aromatic heterocycles. The minimum Gasteiger partial charge on any atom is -0.439 e. The van der Waals surface area contributed by atoms with Crippen LogP contribution in [0, 0.1) is 11.3 Å². The van der Waals surface area contributed by atoms with E-state index < -0.39 is 0 Å². The zero-order valence-electron chi connectivity index (χ0n) is 20.3. The predicted molar refractivity (Wildman–Crippen MR) is 143 cm³/mol. The largest absolute Gasteiger partial charge is 0.439 e. The number of nitrogens with zero attached hydrogens (tertiary/aromatic N) is 5. The molecule has 2 aromatic carbocycles. The van der Waals surface area contributed by atoms with Gasteiger partial charge in [-0.1, -0.05) is 30.8 Å². The molecule has 5 rings (SSSR count). The number of nitrogen functional groups attached to an aromatic ring is 1. The molecule has 9 heteroatoms. The molecule has 0 aliphatic heterocycles. The third kappa shape index (κ3) is 4.17. The fourth-order valence-corrected chi connectivity index (χ4v) is 4.39. The number of carbonyl (C=O) groups excluding carboxylic acids is 1. The van der Waals surface area contributed by atoms with Crippen molar-refractivity contribution in [3.05, 3.63) is 85.2 Å². The molecule has 9 nitrogen and oxygen atoms in total. The number of nitrogens with one attached hydrogen (secondary N) is 1. The Balaban J connectivity index is 1.67. The Morgan fingerprint density at radius 3 is 2.43 bits per heavy atom. The van der Waals surface area contributed by atoms with Gasteiger partial charge in [0.15, 0.2) is 0 Å². The summed E-state index contributed by atoms with van der Waals surface area (Å²) in [7, 11) is 3.71. The van der Waals surface area contributed by atoms with Crippen LogP contribution < -0.4 is 15.8 Å². The molecule has 0 spiro atoms. The van der Waals surface area contributed by atoms with E-state index in [0.717, 1.165) is 22.4 Å². The van der Waals surface area contributed by atoms with Gasteiger partial charge in [0, 0.05) is 37.6 Å². The fourth-order valence-electron chi connectivity index (χ4n) is 4.39. The summed E-state index contributed by atoms with van der Waals surface area (Å²) in [6, 6.07) is 19.1. The Morgan fingerprint density at radius 1 is 1.11 bits per heavy atom. The van der Waals surface area contributed by atoms with E-state index in [0.29, 0.717) is 39.6 Å². The molecule has 0 saturated carbocycles. The summed E-state index contributed by atoms with van der Waals surface area (Å²) in [5, 5.41) is 17.4. The Morgan fingerprint density at radius 2 is 1.81 bits per heavy atom. The summed E-state index contributed by atoms with van der Waals surface area (Å²) in [5.74, 6) is 1.31. The smallest absolute Gasteiger partial charge is 0.247 e. The first-order chi connectivity index (χ1) is 17.9. The van der Waals surface area contributed by atoms with E-state index in [1.54, 1.807) is 16.9 Å². The number of nitrogens with two attached hydrogens (primary N) is 1. The Hall–Kier alpha value is -5.36. The number of hydrogen-bond donors (Lipinski definition) is 2. The van der Waals surface area contributed by atoms with E-state index in [4.69, 9.17) is 10.5 Å². The average Bonchev–Trinajstić information content (AvgIpc) is 3.46. The molecule has 1 amide bonds. The van der Waals surface area contributed by atoms with Gasteiger partial charge < -0.3 is 20.4 Å². The topological polar surface area (TPSA) is 124 Å². The number of ether oxygens (including phenoxy) is 1. The van der Waals surface area contributed by atoms with Crippen molar-refractivity contribution in [2.75, 3.05) is 11.1 Å². The number of hydrogen-bond acceptors (Lipinski definition) is 6. The summed E-state index contributed by atoms with van der Waals surface area (Å²) >= 11 is 0. The number of benzene rings is 2. The molecule has 0 unspecified atom stereocenters. The number of nitriles is 1. The van der Waals surface area contributed by atoms with Crippen LogP contribution >= 0.6 is 0 Å². The van der Waals surface area contributed by atoms with Crippen LogP contribution in [-0.4, -0.2) is 25.2 Å². The van der Waals surface area contributed by atoms with Crippen molar-refractivity contribution < 1.29 is 9.53 Å². The lowest BCUT2D eigenvalue weighted by Gasteiger charge is -2.11. The Labute approximate surface area is 213 Å². The fraction of sp³-hybridized carbons (Fsp3) is 0.0714. The van der Waals surface area contributed by atoms with Crippen molar-refractivity contribution >= 4 is 28.3 Å². The Bertz CT molecular complexity index is 1690. The van der Waals surface area contributed by atoms with E-state index in [1.165, 1.54) is 12.3 Å². The normalized spacial score (nSPS) is 10.7. The first-order valence-corrected chi connectivity index (χ1v) is 11.4. The van der Waals surface area contributed by atoms with Gasteiger partial charge in [0.05, 0.1) is 28.4 Å². The van der Waals surface area contributed by atoms with Gasteiger partial charge in [0.1, 0.15) is 17.6 Å². The van der Waals surface area contributed by atoms with Crippen LogP contribution in [0.4, 0.5) is 11.5 Å². The van der Waals surface area contributed by atoms with E-state index in [9.17, 15) is 10.1 Å². The molecule has 0 fully saturated rings. The van der Waals surface area contributed by atoms with Crippen molar-refractivity contribution in [1.29, 1.82) is 5.26 Å². The molecule has 3 heterocycles. The van der Waals surface area contributed by atoms with Gasteiger partial charge in [-0.2, -0.15) is 10.4 Å². The summed E-state index contributed by atoms with van der Waals surface area (Å²) in [5.41, 5.74) is 11.6. The van der Waals surface area contributed by atoms with Gasteiger partial charge in [-0.3, -0.25) is 4.79 Å². The number of amides is 1. The van der Waals surface area contributed by atoms with Gasteiger partial charge in [-0.05, 0) is 41.5 Å². The van der Waals surface area contributed by atoms with E-state index in [1.807, 2.05) is 67.2 Å². The summed E-state index contributed by atoms with van der Waals surface area (Å²) < 4.78 is 9.54. The molecule has 37 heavy (non-hydrogen) atoms. The number of aryl methyl sites for hydroxylation is 2. The zero-order chi connectivity index (χ0) is 26.1. The highest BCUT2D eigenvalue weighted by Crippen LogP contribution is 2.43. The van der Waals surface area contributed by atoms with Gasteiger partial charge >= 0.3 is 0 Å². The van der Waals surface area contributed by atoms with Gasteiger partial charge in [-0.15, -0.1) is 0 Å². The van der Waals surface area contributed by atoms with Crippen LogP contribution in [0.3, 0.4) is 0 Å². The summed E-state index contributed by atoms with van der Waals surface area (Å²) in [4.78, 5) is 16.0. The van der Waals surface area contributed by atoms with Crippen LogP contribution in [0.1, 0.15) is 5.56 Å². The SMILES string of the molecule is C=CC(=O)Nc1ccc(-c2c(-c3ccc(Oc4ccnn4C)cc3)c3c(N)ncc(C#N)c3n2C)cc1. The molecular weight excluding hydrogens is 466 g/mol. The highest BCUT2D eigenvalue weighted by molar-refractivity contribution is 6.10. The third-order valence-corrected chi connectivity index (χ3v) is 6.11. The van der Waals surface area contributed by atoms with Crippen LogP contribution in [0.5, 0.6) is 11.6 Å². The van der Waals surface area contributed by atoms with Gasteiger partial charge in [0.25, 0.3) is 0 Å². The predicted octanol–water partition coefficient (Wildman–Crippen LogP) is 5.01. The number of pyridine rings is 1. The minimum atomic E-state index is -0.288. The molecule has 182 valence electrons. The van der Waals surface area contributed by atoms with Crippen molar-refractivity contribution in [3.63, 3.8) is 0 Å². The lowest BCUT2D eigenvalue weighted by atomic mass is 9.98. The van der Waals surface area contributed by atoms with Crippen molar-refractivity contribution in [3.8, 4) is 40.1 Å². The second-order valence-electron chi connectivity index (χ2n) is 8.37. The third-order valence-electron chi connectivity index (χ3n) is 6.11. The van der Waals surface area contributed by atoms with Crippen LogP contribution in [-0.2, 0) is 18.9 Å². The second kappa shape index (κ2) is 9.36. The van der Waals surface area contributed by atoms with Crippen molar-refractivity contribution in [1.82, 2.24) is 19.3 Å². The highest BCUT2D eigenvalue weighted by atomic mass is 16.5. The first-order valence-electron chi connectivity index (χ1n) is 11.4. The first kappa shape index (κ1) is 23.4. The standard InChI is InChI=1S/C28H23N7O2/c1-4-22(36)33-20-9-5-18(6-10-20)26-24(25-27(34(26)2)19(15-29)16-31-28(25)30)17-7-11-21(12-8-17)37-23-13-14-32-35(23)3/h4-14,16H,1H2,2-3H3,(H2,30,31)(H,33,36). The lowest BCUT2D eigenvalue weighted by molar-refractivity contribution is -0.111. The highest BCUT2D eigenvalue weighted by Gasteiger charge is 2.23. The summed E-state index contributed by atoms with van der Waals surface area (Å²) in [6.07, 6.45) is 4.38. The zero-order valence-corrected chi connectivity index (χ0v) is 20.3. The summed E-state index contributed by atoms with van der Waals surface area (Å²) in [6.45, 7) is 3.49. The second-order valence-corrected chi connectivity index (χ2v) is 8.37. The number of rotatable bonds is 6. The maximum absolute atomic E-state index is 11.7. The van der Waals surface area contributed by atoms with Gasteiger partial charge in [-0.25, -0.2) is 9.67 Å². The van der Waals surface area contributed by atoms with Crippen LogP contribution in [0.15, 0.2) is 79.6 Å². The van der Waals surface area contributed by atoms with Crippen molar-refractivity contribution in [2.45, 2.75) is 0 Å². The number of aromatic nitrogens is 4. The lowest BCUT2D eigenvalue weighted by Crippen LogP contribution is -2.06. The van der Waals surface area contributed by atoms with E-state index in [2.05, 4.69) is 28.0 Å². The monoisotopic (exact) mass is 489 g/mol. The average molecular weight is 490 g/mol. The van der Waals surface area contributed by atoms with E-state index in [-0.39, 0.29) is 5.91 Å². The van der Waals surface area contributed by atoms with Gasteiger partial charge in [0.2, 0.25) is 11.8 Å². The van der Waals surface area contributed by atoms with Crippen LogP contribution in [0.25, 0.3) is 33.3 Å². The number of fused-ring (bicyclic) bond motifs is 1. The van der Waals surface area contributed by atoms with Crippen LogP contribution in [0.2, 0.25) is 0 Å². The minimum absolute atomic E-state index is 0.288. The molecule has 0 radical (unpaired) electrons. The molecule has 0 bridgehead atoms. The maximum atomic E-state index is 11.7. The number of anilines is 2.